The molecule has 1 atom stereocenters. The first-order valence-electron chi connectivity index (χ1n) is 9.84. The Morgan fingerprint density at radius 1 is 0.773 bits per heavy atom. The molecular formula is C20H40N2. The van der Waals surface area contributed by atoms with Crippen molar-refractivity contribution in [3.05, 3.63) is 12.4 Å². The van der Waals surface area contributed by atoms with Gasteiger partial charge in [0.15, 0.2) is 0 Å². The normalized spacial score (nSPS) is 18.0. The second-order valence-electron chi connectivity index (χ2n) is 7.31. The number of rotatable bonds is 13. The Hall–Kier alpha value is -0.660. The van der Waals surface area contributed by atoms with Crippen LogP contribution in [0.15, 0.2) is 12.4 Å². The highest BCUT2D eigenvalue weighted by Gasteiger charge is 2.24. The molecule has 0 saturated carbocycles. The van der Waals surface area contributed by atoms with E-state index in [1.165, 1.54) is 77.0 Å². The molecule has 0 aromatic carbocycles. The predicted molar refractivity (Wildman–Crippen MR) is 98.7 cm³/mol. The molecule has 0 aromatic heterocycles. The van der Waals surface area contributed by atoms with E-state index in [4.69, 9.17) is 0 Å². The molecule has 1 aliphatic heterocycles. The van der Waals surface area contributed by atoms with Crippen molar-refractivity contribution in [3.8, 4) is 0 Å². The van der Waals surface area contributed by atoms with Crippen molar-refractivity contribution in [2.75, 3.05) is 7.05 Å². The van der Waals surface area contributed by atoms with Crippen LogP contribution >= 0.6 is 0 Å². The first-order chi connectivity index (χ1) is 10.7. The highest BCUT2D eigenvalue weighted by molar-refractivity contribution is 4.96. The zero-order chi connectivity index (χ0) is 16.2. The van der Waals surface area contributed by atoms with Crippen LogP contribution in [0.2, 0.25) is 0 Å². The minimum Gasteiger partial charge on any atom is -0.359 e. The predicted octanol–water partition coefficient (Wildman–Crippen LogP) is 6.14. The van der Waals surface area contributed by atoms with Crippen molar-refractivity contribution in [2.24, 2.45) is 0 Å². The minimum atomic E-state index is 0.596. The fraction of sp³-hybridized carbons (Fsp3) is 0.900. The van der Waals surface area contributed by atoms with Crippen molar-refractivity contribution < 1.29 is 0 Å². The third-order valence-electron chi connectivity index (χ3n) is 4.95. The molecule has 1 unspecified atom stereocenters. The van der Waals surface area contributed by atoms with E-state index >= 15 is 0 Å². The standard InChI is InChI=1S/C20H40N2/c1-5-6-7-8-9-10-11-12-13-14-15-16-20-21(4)17-18-22(20)19(2)3/h17-20H,5-16H2,1-4H3. The summed E-state index contributed by atoms with van der Waals surface area (Å²) in [5.41, 5.74) is 0. The van der Waals surface area contributed by atoms with E-state index < -0.39 is 0 Å². The maximum atomic E-state index is 2.50. The maximum Gasteiger partial charge on any atom is 0.101 e. The summed E-state index contributed by atoms with van der Waals surface area (Å²) in [5, 5.41) is 0. The van der Waals surface area contributed by atoms with Crippen molar-refractivity contribution in [1.29, 1.82) is 0 Å². The smallest absolute Gasteiger partial charge is 0.101 e. The largest absolute Gasteiger partial charge is 0.359 e. The third-order valence-corrected chi connectivity index (χ3v) is 4.95. The Kier molecular flexibility index (Phi) is 10.4. The van der Waals surface area contributed by atoms with Gasteiger partial charge < -0.3 is 9.80 Å². The zero-order valence-corrected chi connectivity index (χ0v) is 15.7. The van der Waals surface area contributed by atoms with Crippen LogP contribution in [0.1, 0.15) is 97.8 Å². The van der Waals surface area contributed by atoms with Gasteiger partial charge in [0.05, 0.1) is 0 Å². The maximum absolute atomic E-state index is 2.50. The van der Waals surface area contributed by atoms with Crippen LogP contribution in [-0.2, 0) is 0 Å². The van der Waals surface area contributed by atoms with Crippen LogP contribution in [-0.4, -0.2) is 29.1 Å². The quantitative estimate of drug-likeness (QED) is 0.377. The van der Waals surface area contributed by atoms with Crippen LogP contribution in [0.3, 0.4) is 0 Å². The van der Waals surface area contributed by atoms with Crippen LogP contribution < -0.4 is 0 Å². The van der Waals surface area contributed by atoms with E-state index in [1.807, 2.05) is 0 Å². The summed E-state index contributed by atoms with van der Waals surface area (Å²) in [4.78, 5) is 4.87. The first-order valence-corrected chi connectivity index (χ1v) is 9.84. The van der Waals surface area contributed by atoms with Crippen molar-refractivity contribution in [2.45, 2.75) is 110 Å². The van der Waals surface area contributed by atoms with Gasteiger partial charge in [-0.15, -0.1) is 0 Å². The molecule has 0 amide bonds. The van der Waals surface area contributed by atoms with Crippen LogP contribution in [0, 0.1) is 0 Å². The molecule has 2 heteroatoms. The Morgan fingerprint density at radius 3 is 1.77 bits per heavy atom. The summed E-state index contributed by atoms with van der Waals surface area (Å²) in [6.07, 6.45) is 22.1. The van der Waals surface area contributed by atoms with Crippen LogP contribution in [0.4, 0.5) is 0 Å². The lowest BCUT2D eigenvalue weighted by Gasteiger charge is -2.33. The molecule has 0 fully saturated rings. The monoisotopic (exact) mass is 308 g/mol. The van der Waals surface area contributed by atoms with Crippen LogP contribution in [0.5, 0.6) is 0 Å². The summed E-state index contributed by atoms with van der Waals surface area (Å²) in [6, 6.07) is 0.610. The molecule has 22 heavy (non-hydrogen) atoms. The molecule has 0 radical (unpaired) electrons. The van der Waals surface area contributed by atoms with Gasteiger partial charge in [-0.25, -0.2) is 0 Å². The van der Waals surface area contributed by atoms with Gasteiger partial charge in [0.2, 0.25) is 0 Å². The summed E-state index contributed by atoms with van der Waals surface area (Å²) in [7, 11) is 2.21. The lowest BCUT2D eigenvalue weighted by atomic mass is 10.0. The molecule has 0 spiro atoms. The molecular weight excluding hydrogens is 268 g/mol. The van der Waals surface area contributed by atoms with Gasteiger partial charge in [-0.05, 0) is 26.7 Å². The molecule has 0 bridgehead atoms. The highest BCUT2D eigenvalue weighted by atomic mass is 15.4. The Labute approximate surface area is 139 Å². The fourth-order valence-electron chi connectivity index (χ4n) is 3.45. The van der Waals surface area contributed by atoms with Gasteiger partial charge in [-0.1, -0.05) is 71.1 Å². The average Bonchev–Trinajstić information content (AvgIpc) is 2.86. The van der Waals surface area contributed by atoms with E-state index in [0.717, 1.165) is 0 Å². The third kappa shape index (κ3) is 7.56. The Morgan fingerprint density at radius 2 is 1.27 bits per heavy atom. The summed E-state index contributed by atoms with van der Waals surface area (Å²) >= 11 is 0. The van der Waals surface area contributed by atoms with Gasteiger partial charge in [0.25, 0.3) is 0 Å². The van der Waals surface area contributed by atoms with E-state index in [1.54, 1.807) is 0 Å². The lowest BCUT2D eigenvalue weighted by molar-refractivity contribution is 0.134. The van der Waals surface area contributed by atoms with Gasteiger partial charge >= 0.3 is 0 Å². The van der Waals surface area contributed by atoms with Gasteiger partial charge in [0, 0.05) is 25.5 Å². The lowest BCUT2D eigenvalue weighted by Crippen LogP contribution is -2.40. The van der Waals surface area contributed by atoms with Crippen molar-refractivity contribution in [3.63, 3.8) is 0 Å². The van der Waals surface area contributed by atoms with E-state index in [9.17, 15) is 0 Å². The van der Waals surface area contributed by atoms with E-state index in [0.29, 0.717) is 12.2 Å². The summed E-state index contributed by atoms with van der Waals surface area (Å²) in [6.45, 7) is 6.87. The van der Waals surface area contributed by atoms with Gasteiger partial charge in [0.1, 0.15) is 6.17 Å². The molecule has 0 N–H and O–H groups in total. The average molecular weight is 309 g/mol. The highest BCUT2D eigenvalue weighted by Crippen LogP contribution is 2.22. The second-order valence-corrected chi connectivity index (χ2v) is 7.31. The zero-order valence-electron chi connectivity index (χ0n) is 15.7. The topological polar surface area (TPSA) is 6.48 Å². The molecule has 0 aliphatic carbocycles. The molecule has 0 saturated heterocycles. The Balaban J connectivity index is 1.93. The van der Waals surface area contributed by atoms with Gasteiger partial charge in [-0.2, -0.15) is 0 Å². The van der Waals surface area contributed by atoms with E-state index in [-0.39, 0.29) is 0 Å². The summed E-state index contributed by atoms with van der Waals surface area (Å²) < 4.78 is 0. The number of hydrogen-bond donors (Lipinski definition) is 0. The molecule has 130 valence electrons. The molecule has 1 rings (SSSR count). The van der Waals surface area contributed by atoms with Crippen molar-refractivity contribution >= 4 is 0 Å². The molecule has 0 aromatic rings. The van der Waals surface area contributed by atoms with Crippen LogP contribution in [0.25, 0.3) is 0 Å². The SMILES string of the molecule is CCCCCCCCCCCCCC1N(C)C=CN1C(C)C. The number of hydrogen-bond acceptors (Lipinski definition) is 2. The number of unbranched alkanes of at least 4 members (excludes halogenated alkanes) is 10. The first kappa shape index (κ1) is 19.4. The Bertz CT molecular complexity index is 285. The molecule has 2 nitrogen and oxygen atoms in total. The summed E-state index contributed by atoms with van der Waals surface area (Å²) in [5.74, 6) is 0. The van der Waals surface area contributed by atoms with E-state index in [2.05, 4.69) is 50.0 Å². The second kappa shape index (κ2) is 11.8. The number of nitrogens with zero attached hydrogens (tertiary/aromatic N) is 2. The molecule has 1 heterocycles. The van der Waals surface area contributed by atoms with Gasteiger partial charge in [-0.3, -0.25) is 0 Å². The van der Waals surface area contributed by atoms with Crippen molar-refractivity contribution in [1.82, 2.24) is 9.80 Å². The molecule has 1 aliphatic rings. The minimum absolute atomic E-state index is 0.596. The fourth-order valence-corrected chi connectivity index (χ4v) is 3.45.